The fraction of sp³-hybridized carbons (Fsp3) is 0.312. The van der Waals surface area contributed by atoms with Crippen LogP contribution in [0.5, 0.6) is 0 Å². The van der Waals surface area contributed by atoms with Gasteiger partial charge in [0.2, 0.25) is 0 Å². The van der Waals surface area contributed by atoms with Gasteiger partial charge in [0.15, 0.2) is 0 Å². The normalized spacial score (nSPS) is 14.2. The van der Waals surface area contributed by atoms with Crippen molar-refractivity contribution in [2.45, 2.75) is 32.4 Å². The van der Waals surface area contributed by atoms with E-state index in [2.05, 4.69) is 16.8 Å². The fourth-order valence-electron chi connectivity index (χ4n) is 2.36. The van der Waals surface area contributed by atoms with Crippen LogP contribution in [0.2, 0.25) is 0 Å². The number of hydrogen-bond donors (Lipinski definition) is 1. The molecule has 1 aliphatic carbocycles. The molecule has 0 atom stereocenters. The highest BCUT2D eigenvalue weighted by Gasteiger charge is 2.33. The number of thiophene rings is 1. The van der Waals surface area contributed by atoms with Crippen molar-refractivity contribution in [1.82, 2.24) is 4.90 Å². The van der Waals surface area contributed by atoms with Gasteiger partial charge in [0.25, 0.3) is 5.91 Å². The topological polar surface area (TPSA) is 46.3 Å². The molecule has 3 rings (SSSR count). The van der Waals surface area contributed by atoms with Crippen molar-refractivity contribution in [1.29, 1.82) is 0 Å². The van der Waals surface area contributed by atoms with Crippen LogP contribution < -0.4 is 5.73 Å². The summed E-state index contributed by atoms with van der Waals surface area (Å²) in [7, 11) is 0. The smallest absolute Gasteiger partial charge is 0.254 e. The van der Waals surface area contributed by atoms with Crippen LogP contribution in [0.25, 0.3) is 0 Å². The van der Waals surface area contributed by atoms with Gasteiger partial charge in [-0.05, 0) is 59.9 Å². The van der Waals surface area contributed by atoms with Gasteiger partial charge in [-0.3, -0.25) is 4.79 Å². The number of rotatable bonds is 4. The van der Waals surface area contributed by atoms with Crippen molar-refractivity contribution in [2.24, 2.45) is 0 Å². The lowest BCUT2D eigenvalue weighted by molar-refractivity contribution is 0.0729. The maximum Gasteiger partial charge on any atom is 0.254 e. The molecule has 1 aromatic heterocycles. The maximum atomic E-state index is 12.8. The summed E-state index contributed by atoms with van der Waals surface area (Å²) in [6.45, 7) is 2.66. The van der Waals surface area contributed by atoms with E-state index in [9.17, 15) is 4.79 Å². The largest absolute Gasteiger partial charge is 0.399 e. The number of anilines is 1. The van der Waals surface area contributed by atoms with Crippen molar-refractivity contribution < 1.29 is 4.79 Å². The van der Waals surface area contributed by atoms with Crippen LogP contribution in [-0.4, -0.2) is 16.8 Å². The molecule has 2 aromatic rings. The monoisotopic (exact) mass is 286 g/mol. The Kier molecular flexibility index (Phi) is 3.49. The van der Waals surface area contributed by atoms with Crippen LogP contribution in [-0.2, 0) is 6.54 Å². The number of benzene rings is 1. The first-order valence-corrected chi connectivity index (χ1v) is 7.77. The molecule has 2 N–H and O–H groups in total. The van der Waals surface area contributed by atoms with E-state index < -0.39 is 0 Å². The first-order valence-electron chi connectivity index (χ1n) is 6.83. The highest BCUT2D eigenvalue weighted by atomic mass is 32.1. The molecule has 4 heteroatoms. The Balaban J connectivity index is 1.87. The summed E-state index contributed by atoms with van der Waals surface area (Å²) < 4.78 is 0. The first-order chi connectivity index (χ1) is 9.65. The molecule has 0 radical (unpaired) electrons. The lowest BCUT2D eigenvalue weighted by atomic mass is 10.1. The zero-order valence-corrected chi connectivity index (χ0v) is 12.3. The minimum absolute atomic E-state index is 0.100. The summed E-state index contributed by atoms with van der Waals surface area (Å²) in [6, 6.07) is 8.02. The molecule has 0 spiro atoms. The molecule has 1 amide bonds. The zero-order valence-electron chi connectivity index (χ0n) is 11.5. The second-order valence-corrected chi connectivity index (χ2v) is 6.15. The van der Waals surface area contributed by atoms with Crippen molar-refractivity contribution in [3.05, 3.63) is 51.7 Å². The molecule has 3 nitrogen and oxygen atoms in total. The molecule has 0 unspecified atom stereocenters. The van der Waals surface area contributed by atoms with Crippen LogP contribution in [0.1, 0.15) is 34.3 Å². The highest BCUT2D eigenvalue weighted by Crippen LogP contribution is 2.31. The molecule has 0 bridgehead atoms. The molecule has 104 valence electrons. The van der Waals surface area contributed by atoms with Gasteiger partial charge in [0.05, 0.1) is 0 Å². The van der Waals surface area contributed by atoms with Gasteiger partial charge in [0, 0.05) is 23.8 Å². The summed E-state index contributed by atoms with van der Waals surface area (Å²) in [5, 5.41) is 4.16. The van der Waals surface area contributed by atoms with Gasteiger partial charge in [-0.2, -0.15) is 11.3 Å². The highest BCUT2D eigenvalue weighted by molar-refractivity contribution is 7.07. The third kappa shape index (κ3) is 2.70. The van der Waals surface area contributed by atoms with Crippen LogP contribution in [0, 0.1) is 6.92 Å². The predicted molar refractivity (Wildman–Crippen MR) is 82.8 cm³/mol. The van der Waals surface area contributed by atoms with Crippen molar-refractivity contribution in [3.63, 3.8) is 0 Å². The second kappa shape index (κ2) is 5.29. The van der Waals surface area contributed by atoms with E-state index in [-0.39, 0.29) is 5.91 Å². The Morgan fingerprint density at radius 3 is 2.85 bits per heavy atom. The van der Waals surface area contributed by atoms with Gasteiger partial charge >= 0.3 is 0 Å². The average Bonchev–Trinajstić information content (AvgIpc) is 3.15. The average molecular weight is 286 g/mol. The third-order valence-corrected chi connectivity index (χ3v) is 4.41. The lowest BCUT2D eigenvalue weighted by Gasteiger charge is -2.23. The molecule has 1 aliphatic rings. The Hall–Kier alpha value is -1.81. The van der Waals surface area contributed by atoms with Crippen LogP contribution in [0.4, 0.5) is 5.69 Å². The molecule has 1 heterocycles. The Morgan fingerprint density at radius 1 is 1.40 bits per heavy atom. The van der Waals surface area contributed by atoms with E-state index in [0.29, 0.717) is 18.3 Å². The fourth-order valence-corrected chi connectivity index (χ4v) is 3.02. The number of nitrogen functional groups attached to an aromatic ring is 1. The third-order valence-electron chi connectivity index (χ3n) is 3.67. The van der Waals surface area contributed by atoms with Gasteiger partial charge in [-0.15, -0.1) is 0 Å². The van der Waals surface area contributed by atoms with Crippen LogP contribution >= 0.6 is 11.3 Å². The van der Waals surface area contributed by atoms with E-state index in [1.165, 1.54) is 5.56 Å². The maximum absolute atomic E-state index is 12.8. The minimum Gasteiger partial charge on any atom is -0.399 e. The van der Waals surface area contributed by atoms with Gasteiger partial charge < -0.3 is 10.6 Å². The molecule has 1 fully saturated rings. The summed E-state index contributed by atoms with van der Waals surface area (Å²) in [6.07, 6.45) is 2.22. The van der Waals surface area contributed by atoms with E-state index in [4.69, 9.17) is 5.73 Å². The molecule has 0 saturated heterocycles. The van der Waals surface area contributed by atoms with E-state index in [1.54, 1.807) is 17.4 Å². The summed E-state index contributed by atoms with van der Waals surface area (Å²) in [5.74, 6) is 0.100. The van der Waals surface area contributed by atoms with E-state index >= 15 is 0 Å². The van der Waals surface area contributed by atoms with Crippen molar-refractivity contribution in [3.8, 4) is 0 Å². The molecule has 20 heavy (non-hydrogen) atoms. The summed E-state index contributed by atoms with van der Waals surface area (Å²) in [5.41, 5.74) is 9.39. The second-order valence-electron chi connectivity index (χ2n) is 5.37. The number of amides is 1. The lowest BCUT2D eigenvalue weighted by Crippen LogP contribution is -2.33. The van der Waals surface area contributed by atoms with Gasteiger partial charge in [-0.1, -0.05) is 6.07 Å². The SMILES string of the molecule is Cc1ccc(N)cc1C(=O)N(Cc1ccsc1)C1CC1. The number of nitrogens with zero attached hydrogens (tertiary/aromatic N) is 1. The molecule has 1 aromatic carbocycles. The Bertz CT molecular complexity index is 617. The Labute approximate surface area is 123 Å². The Morgan fingerprint density at radius 2 is 2.20 bits per heavy atom. The molecular weight excluding hydrogens is 268 g/mol. The molecular formula is C16H18N2OS. The van der Waals surface area contributed by atoms with Crippen LogP contribution in [0.3, 0.4) is 0 Å². The van der Waals surface area contributed by atoms with Crippen molar-refractivity contribution >= 4 is 22.9 Å². The van der Waals surface area contributed by atoms with Gasteiger partial charge in [0.1, 0.15) is 0 Å². The standard InChI is InChI=1S/C16H18N2OS/c1-11-2-3-13(17)8-15(11)16(19)18(14-4-5-14)9-12-6-7-20-10-12/h2-3,6-8,10,14H,4-5,9,17H2,1H3. The summed E-state index contributed by atoms with van der Waals surface area (Å²) >= 11 is 1.67. The number of aryl methyl sites for hydroxylation is 1. The van der Waals surface area contributed by atoms with E-state index in [0.717, 1.165) is 24.0 Å². The molecule has 0 aliphatic heterocycles. The number of nitrogens with two attached hydrogens (primary N) is 1. The number of carbonyl (C=O) groups excluding carboxylic acids is 1. The van der Waals surface area contributed by atoms with Crippen LogP contribution in [0.15, 0.2) is 35.0 Å². The molecule has 1 saturated carbocycles. The first kappa shape index (κ1) is 13.2. The minimum atomic E-state index is 0.100. The van der Waals surface area contributed by atoms with Crippen molar-refractivity contribution in [2.75, 3.05) is 5.73 Å². The zero-order chi connectivity index (χ0) is 14.1. The van der Waals surface area contributed by atoms with Gasteiger partial charge in [-0.25, -0.2) is 0 Å². The number of hydrogen-bond acceptors (Lipinski definition) is 3. The summed E-state index contributed by atoms with van der Waals surface area (Å²) in [4.78, 5) is 14.8. The van der Waals surface area contributed by atoms with E-state index in [1.807, 2.05) is 24.0 Å². The number of carbonyl (C=O) groups is 1. The predicted octanol–water partition coefficient (Wildman–Crippen LogP) is 3.44. The quantitative estimate of drug-likeness (QED) is 0.875.